The monoisotopic (exact) mass is 180 g/mol. The maximum Gasteiger partial charge on any atom is 0.111 e. The highest BCUT2D eigenvalue weighted by Crippen LogP contribution is 2.11. The Balaban J connectivity index is 3.74. The molecule has 0 radical (unpaired) electrons. The molecule has 0 aliphatic carbocycles. The highest BCUT2D eigenvalue weighted by Gasteiger charge is 1.94. The fourth-order valence-electron chi connectivity index (χ4n) is 0.836. The molecule has 0 aromatic heterocycles. The zero-order valence-corrected chi connectivity index (χ0v) is 8.97. The summed E-state index contributed by atoms with van der Waals surface area (Å²) < 4.78 is 4.90. The van der Waals surface area contributed by atoms with E-state index in [2.05, 4.69) is 27.0 Å². The Bertz CT molecular complexity index is 199. The van der Waals surface area contributed by atoms with Crippen LogP contribution in [0.15, 0.2) is 36.6 Å². The van der Waals surface area contributed by atoms with Gasteiger partial charge in [0.2, 0.25) is 0 Å². The third-order valence-corrected chi connectivity index (χ3v) is 1.81. The average Bonchev–Trinajstić information content (AvgIpc) is 2.10. The molecule has 0 aliphatic heterocycles. The van der Waals surface area contributed by atoms with E-state index in [4.69, 9.17) is 4.74 Å². The van der Waals surface area contributed by atoms with Gasteiger partial charge >= 0.3 is 0 Å². The summed E-state index contributed by atoms with van der Waals surface area (Å²) in [5, 5.41) is 0. The summed E-state index contributed by atoms with van der Waals surface area (Å²) in [6, 6.07) is 0. The molecule has 0 amide bonds. The minimum absolute atomic E-state index is 0.672. The highest BCUT2D eigenvalue weighted by molar-refractivity contribution is 5.20. The Labute approximate surface area is 81.8 Å². The van der Waals surface area contributed by atoms with E-state index in [1.807, 2.05) is 12.2 Å². The predicted molar refractivity (Wildman–Crippen MR) is 58.5 cm³/mol. The van der Waals surface area contributed by atoms with Crippen molar-refractivity contribution in [2.75, 3.05) is 7.11 Å². The number of methoxy groups -OCH3 is 1. The highest BCUT2D eigenvalue weighted by atomic mass is 16.5. The molecular formula is C12H20O. The topological polar surface area (TPSA) is 9.23 Å². The zero-order valence-electron chi connectivity index (χ0n) is 8.97. The molecule has 0 aliphatic rings. The van der Waals surface area contributed by atoms with Gasteiger partial charge in [-0.3, -0.25) is 0 Å². The molecule has 0 aromatic rings. The third-order valence-electron chi connectivity index (χ3n) is 1.81. The summed E-state index contributed by atoms with van der Waals surface area (Å²) in [4.78, 5) is 0. The number of allylic oxidation sites excluding steroid dienone is 3. The molecular weight excluding hydrogens is 160 g/mol. The summed E-state index contributed by atoms with van der Waals surface area (Å²) in [6.07, 6.45) is 6.05. The van der Waals surface area contributed by atoms with Gasteiger partial charge in [-0.25, -0.2) is 0 Å². The molecule has 0 saturated carbocycles. The summed E-state index contributed by atoms with van der Waals surface area (Å²) in [5.41, 5.74) is 1.13. The van der Waals surface area contributed by atoms with Crippen molar-refractivity contribution in [3.63, 3.8) is 0 Å². The first-order chi connectivity index (χ1) is 6.06. The van der Waals surface area contributed by atoms with Gasteiger partial charge in [0.05, 0.1) is 7.11 Å². The van der Waals surface area contributed by atoms with Crippen LogP contribution in [0.2, 0.25) is 0 Å². The van der Waals surface area contributed by atoms with Crippen LogP contribution in [-0.2, 0) is 4.74 Å². The lowest BCUT2D eigenvalue weighted by atomic mass is 10.0. The van der Waals surface area contributed by atoms with Crippen molar-refractivity contribution in [2.24, 2.45) is 5.92 Å². The minimum Gasteiger partial charge on any atom is -0.497 e. The first-order valence-electron chi connectivity index (χ1n) is 4.65. The van der Waals surface area contributed by atoms with Gasteiger partial charge < -0.3 is 4.74 Å². The smallest absolute Gasteiger partial charge is 0.111 e. The van der Waals surface area contributed by atoms with E-state index in [1.165, 1.54) is 6.42 Å². The molecule has 0 saturated heterocycles. The molecule has 74 valence electrons. The Morgan fingerprint density at radius 1 is 1.31 bits per heavy atom. The lowest BCUT2D eigenvalue weighted by molar-refractivity contribution is 0.309. The maximum absolute atomic E-state index is 4.90. The van der Waals surface area contributed by atoms with Gasteiger partial charge in [-0.15, -0.1) is 0 Å². The second-order valence-corrected chi connectivity index (χ2v) is 3.59. The summed E-state index contributed by atoms with van der Waals surface area (Å²) in [5.74, 6) is 1.40. The molecule has 1 heteroatoms. The van der Waals surface area contributed by atoms with E-state index in [0.29, 0.717) is 5.76 Å². The van der Waals surface area contributed by atoms with Crippen molar-refractivity contribution in [1.29, 1.82) is 0 Å². The SMILES string of the molecule is C=C(/C=C\C(=C)OC)CCC(C)C. The Morgan fingerprint density at radius 2 is 1.92 bits per heavy atom. The van der Waals surface area contributed by atoms with Gasteiger partial charge in [-0.1, -0.05) is 38.7 Å². The first kappa shape index (κ1) is 12.0. The molecule has 0 bridgehead atoms. The van der Waals surface area contributed by atoms with Crippen LogP contribution in [0, 0.1) is 5.92 Å². The molecule has 0 heterocycles. The Morgan fingerprint density at radius 3 is 2.38 bits per heavy atom. The number of rotatable bonds is 6. The number of ether oxygens (including phenoxy) is 1. The van der Waals surface area contributed by atoms with Crippen LogP contribution >= 0.6 is 0 Å². The van der Waals surface area contributed by atoms with Gasteiger partial charge in [0, 0.05) is 0 Å². The van der Waals surface area contributed by atoms with E-state index in [-0.39, 0.29) is 0 Å². The van der Waals surface area contributed by atoms with E-state index >= 15 is 0 Å². The standard InChI is InChI=1S/C12H20O/c1-10(2)6-7-11(3)8-9-12(4)13-5/h8-10H,3-4,6-7H2,1-2,5H3/b9-8-. The fourth-order valence-corrected chi connectivity index (χ4v) is 0.836. The molecule has 0 aromatic carbocycles. The normalized spacial score (nSPS) is 10.8. The van der Waals surface area contributed by atoms with E-state index in [0.717, 1.165) is 17.9 Å². The van der Waals surface area contributed by atoms with E-state index in [9.17, 15) is 0 Å². The predicted octanol–water partition coefficient (Wildman–Crippen LogP) is 3.70. The lowest BCUT2D eigenvalue weighted by Crippen LogP contribution is -1.87. The van der Waals surface area contributed by atoms with Crippen LogP contribution in [0.25, 0.3) is 0 Å². The first-order valence-corrected chi connectivity index (χ1v) is 4.65. The van der Waals surface area contributed by atoms with Gasteiger partial charge in [0.1, 0.15) is 5.76 Å². The van der Waals surface area contributed by atoms with Crippen molar-refractivity contribution < 1.29 is 4.74 Å². The summed E-state index contributed by atoms with van der Waals surface area (Å²) >= 11 is 0. The molecule has 1 nitrogen and oxygen atoms in total. The van der Waals surface area contributed by atoms with E-state index < -0.39 is 0 Å². The van der Waals surface area contributed by atoms with Crippen molar-refractivity contribution in [3.05, 3.63) is 36.6 Å². The number of hydrogen-bond acceptors (Lipinski definition) is 1. The molecule has 0 unspecified atom stereocenters. The van der Waals surface area contributed by atoms with Gasteiger partial charge in [0.15, 0.2) is 0 Å². The van der Waals surface area contributed by atoms with Crippen LogP contribution in [0.5, 0.6) is 0 Å². The fraction of sp³-hybridized carbons (Fsp3) is 0.500. The average molecular weight is 180 g/mol. The molecule has 0 rings (SSSR count). The van der Waals surface area contributed by atoms with Crippen molar-refractivity contribution in [2.45, 2.75) is 26.7 Å². The lowest BCUT2D eigenvalue weighted by Gasteiger charge is -2.03. The molecule has 0 fully saturated rings. The van der Waals surface area contributed by atoms with Crippen molar-refractivity contribution >= 4 is 0 Å². The van der Waals surface area contributed by atoms with Crippen molar-refractivity contribution in [3.8, 4) is 0 Å². The second-order valence-electron chi connectivity index (χ2n) is 3.59. The molecule has 13 heavy (non-hydrogen) atoms. The largest absolute Gasteiger partial charge is 0.497 e. The van der Waals surface area contributed by atoms with Gasteiger partial charge in [-0.05, 0) is 24.8 Å². The van der Waals surface area contributed by atoms with Crippen LogP contribution in [-0.4, -0.2) is 7.11 Å². The molecule has 0 N–H and O–H groups in total. The van der Waals surface area contributed by atoms with Crippen LogP contribution in [0.1, 0.15) is 26.7 Å². The third kappa shape index (κ3) is 7.38. The molecule has 0 atom stereocenters. The molecule has 0 spiro atoms. The zero-order chi connectivity index (χ0) is 10.3. The van der Waals surface area contributed by atoms with Crippen LogP contribution in [0.4, 0.5) is 0 Å². The van der Waals surface area contributed by atoms with Gasteiger partial charge in [-0.2, -0.15) is 0 Å². The van der Waals surface area contributed by atoms with E-state index in [1.54, 1.807) is 7.11 Å². The Hall–Kier alpha value is -0.980. The van der Waals surface area contributed by atoms with Crippen LogP contribution in [0.3, 0.4) is 0 Å². The van der Waals surface area contributed by atoms with Crippen molar-refractivity contribution in [1.82, 2.24) is 0 Å². The summed E-state index contributed by atoms with van der Waals surface area (Å²) in [7, 11) is 1.61. The number of hydrogen-bond donors (Lipinski definition) is 0. The second kappa shape index (κ2) is 6.53. The van der Waals surface area contributed by atoms with Gasteiger partial charge in [0.25, 0.3) is 0 Å². The Kier molecular flexibility index (Phi) is 6.03. The quantitative estimate of drug-likeness (QED) is 0.447. The summed E-state index contributed by atoms with van der Waals surface area (Å²) in [6.45, 7) is 12.1. The minimum atomic E-state index is 0.672. The van der Waals surface area contributed by atoms with Crippen LogP contribution < -0.4 is 0 Å². The maximum atomic E-state index is 4.90.